The number of hydrogen-bond acceptors (Lipinski definition) is 0. The van der Waals surface area contributed by atoms with Crippen LogP contribution in [-0.4, -0.2) is 0 Å². The van der Waals surface area contributed by atoms with Gasteiger partial charge in [-0.15, -0.1) is 0 Å². The fraction of sp³-hybridized carbons (Fsp3) is 0.750. The molecule has 0 aromatic rings. The van der Waals surface area contributed by atoms with Crippen LogP contribution in [0.1, 0.15) is 67.2 Å². The molecule has 92 valence electrons. The van der Waals surface area contributed by atoms with Crippen molar-refractivity contribution in [1.29, 1.82) is 0 Å². The van der Waals surface area contributed by atoms with Crippen LogP contribution in [0.5, 0.6) is 0 Å². The Hall–Kier alpha value is -0.520. The van der Waals surface area contributed by atoms with Gasteiger partial charge < -0.3 is 0 Å². The van der Waals surface area contributed by atoms with E-state index in [1.165, 1.54) is 31.3 Å². The number of allylic oxidation sites excluding steroid dienone is 4. The van der Waals surface area contributed by atoms with Gasteiger partial charge in [0.15, 0.2) is 0 Å². The van der Waals surface area contributed by atoms with Crippen molar-refractivity contribution in [3.63, 3.8) is 0 Å². The molecule has 0 spiro atoms. The van der Waals surface area contributed by atoms with Crippen LogP contribution in [0.3, 0.4) is 0 Å². The van der Waals surface area contributed by atoms with Crippen molar-refractivity contribution >= 4 is 0 Å². The van der Waals surface area contributed by atoms with Gasteiger partial charge in [-0.05, 0) is 50.0 Å². The van der Waals surface area contributed by atoms with Crippen LogP contribution in [-0.2, 0) is 0 Å². The van der Waals surface area contributed by atoms with Crippen LogP contribution in [0, 0.1) is 11.3 Å². The molecule has 16 heavy (non-hydrogen) atoms. The van der Waals surface area contributed by atoms with E-state index in [-0.39, 0.29) is 0 Å². The van der Waals surface area contributed by atoms with Crippen molar-refractivity contribution in [2.24, 2.45) is 11.3 Å². The molecule has 0 N–H and O–H groups in total. The summed E-state index contributed by atoms with van der Waals surface area (Å²) in [5.74, 6) is 0.731. The molecule has 1 aliphatic rings. The standard InChI is InChI=1S/C16H28/c1-7-8-12(2)11-13(3)15-9-10-16(5,6)14(15)4/h11-12H,7-10H2,1-6H3/b13-11-. The maximum absolute atomic E-state index is 2.48. The normalized spacial score (nSPS) is 22.8. The lowest BCUT2D eigenvalue weighted by molar-refractivity contribution is 0.443. The molecular weight excluding hydrogens is 192 g/mol. The topological polar surface area (TPSA) is 0 Å². The van der Waals surface area contributed by atoms with Crippen LogP contribution >= 0.6 is 0 Å². The Morgan fingerprint density at radius 2 is 2.06 bits per heavy atom. The maximum atomic E-state index is 2.48. The van der Waals surface area contributed by atoms with Gasteiger partial charge in [-0.1, -0.05) is 51.3 Å². The molecule has 1 rings (SSSR count). The Labute approximate surface area is 102 Å². The molecule has 0 nitrogen and oxygen atoms in total. The van der Waals surface area contributed by atoms with Crippen molar-refractivity contribution in [2.75, 3.05) is 0 Å². The zero-order valence-corrected chi connectivity index (χ0v) is 12.0. The van der Waals surface area contributed by atoms with Gasteiger partial charge in [0.25, 0.3) is 0 Å². The second-order valence-electron chi connectivity index (χ2n) is 6.10. The fourth-order valence-corrected chi connectivity index (χ4v) is 2.78. The van der Waals surface area contributed by atoms with E-state index in [2.05, 4.69) is 47.6 Å². The summed E-state index contributed by atoms with van der Waals surface area (Å²) in [6.07, 6.45) is 7.67. The van der Waals surface area contributed by atoms with Gasteiger partial charge in [0.05, 0.1) is 0 Å². The van der Waals surface area contributed by atoms with E-state index in [0.717, 1.165) is 5.92 Å². The predicted molar refractivity (Wildman–Crippen MR) is 73.5 cm³/mol. The summed E-state index contributed by atoms with van der Waals surface area (Å²) in [4.78, 5) is 0. The van der Waals surface area contributed by atoms with Gasteiger partial charge in [-0.25, -0.2) is 0 Å². The third kappa shape index (κ3) is 2.99. The molecule has 0 radical (unpaired) electrons. The average molecular weight is 220 g/mol. The minimum absolute atomic E-state index is 0.429. The minimum Gasteiger partial charge on any atom is -0.0785 e. The first kappa shape index (κ1) is 13.5. The molecule has 0 fully saturated rings. The van der Waals surface area contributed by atoms with Crippen molar-refractivity contribution < 1.29 is 0 Å². The first-order chi connectivity index (χ1) is 7.38. The number of rotatable bonds is 4. The zero-order chi connectivity index (χ0) is 12.3. The second-order valence-corrected chi connectivity index (χ2v) is 6.10. The van der Waals surface area contributed by atoms with E-state index in [4.69, 9.17) is 0 Å². The summed E-state index contributed by atoms with van der Waals surface area (Å²) in [7, 11) is 0. The monoisotopic (exact) mass is 220 g/mol. The van der Waals surface area contributed by atoms with E-state index in [1.807, 2.05) is 0 Å². The number of hydrogen-bond donors (Lipinski definition) is 0. The molecule has 0 heteroatoms. The third-order valence-electron chi connectivity index (χ3n) is 4.22. The van der Waals surface area contributed by atoms with E-state index < -0.39 is 0 Å². The van der Waals surface area contributed by atoms with Crippen LogP contribution in [0.2, 0.25) is 0 Å². The van der Waals surface area contributed by atoms with Gasteiger partial charge in [0, 0.05) is 0 Å². The molecule has 1 unspecified atom stereocenters. The van der Waals surface area contributed by atoms with E-state index in [0.29, 0.717) is 5.41 Å². The molecule has 0 aromatic carbocycles. The van der Waals surface area contributed by atoms with Crippen molar-refractivity contribution in [1.82, 2.24) is 0 Å². The molecule has 0 heterocycles. The zero-order valence-electron chi connectivity index (χ0n) is 12.0. The van der Waals surface area contributed by atoms with E-state index in [1.54, 1.807) is 11.1 Å². The lowest BCUT2D eigenvalue weighted by Gasteiger charge is -2.19. The lowest BCUT2D eigenvalue weighted by Crippen LogP contribution is -2.07. The largest absolute Gasteiger partial charge is 0.0785 e. The van der Waals surface area contributed by atoms with Gasteiger partial charge in [0.1, 0.15) is 0 Å². The summed E-state index contributed by atoms with van der Waals surface area (Å²) in [5, 5.41) is 0. The van der Waals surface area contributed by atoms with Crippen molar-refractivity contribution in [2.45, 2.75) is 67.2 Å². The van der Waals surface area contributed by atoms with Crippen LogP contribution in [0.15, 0.2) is 22.8 Å². The molecule has 0 aliphatic heterocycles. The lowest BCUT2D eigenvalue weighted by atomic mass is 9.86. The third-order valence-corrected chi connectivity index (χ3v) is 4.22. The Balaban J connectivity index is 2.83. The SMILES string of the molecule is CCCC(C)/C=C(/C)C1=C(C)C(C)(C)CC1. The summed E-state index contributed by atoms with van der Waals surface area (Å²) < 4.78 is 0. The smallest absolute Gasteiger partial charge is 0.0138 e. The quantitative estimate of drug-likeness (QED) is 0.586. The molecule has 0 saturated heterocycles. The van der Waals surface area contributed by atoms with Gasteiger partial charge in [-0.3, -0.25) is 0 Å². The molecule has 0 bridgehead atoms. The fourth-order valence-electron chi connectivity index (χ4n) is 2.78. The van der Waals surface area contributed by atoms with Crippen LogP contribution < -0.4 is 0 Å². The molecule has 1 aliphatic carbocycles. The Morgan fingerprint density at radius 1 is 1.44 bits per heavy atom. The highest BCUT2D eigenvalue weighted by atomic mass is 14.3. The molecular formula is C16H28. The summed E-state index contributed by atoms with van der Waals surface area (Å²) in [6, 6.07) is 0. The summed E-state index contributed by atoms with van der Waals surface area (Å²) in [6.45, 7) is 14.0. The highest BCUT2D eigenvalue weighted by Gasteiger charge is 2.29. The Kier molecular flexibility index (Phi) is 4.41. The highest BCUT2D eigenvalue weighted by Crippen LogP contribution is 2.44. The van der Waals surface area contributed by atoms with Gasteiger partial charge in [0.2, 0.25) is 0 Å². The molecule has 0 saturated carbocycles. The van der Waals surface area contributed by atoms with Gasteiger partial charge in [-0.2, -0.15) is 0 Å². The maximum Gasteiger partial charge on any atom is -0.0138 e. The minimum atomic E-state index is 0.429. The molecule has 1 atom stereocenters. The van der Waals surface area contributed by atoms with Gasteiger partial charge >= 0.3 is 0 Å². The Morgan fingerprint density at radius 3 is 2.50 bits per heavy atom. The summed E-state index contributed by atoms with van der Waals surface area (Å²) >= 11 is 0. The molecule has 0 amide bonds. The first-order valence-corrected chi connectivity index (χ1v) is 6.77. The first-order valence-electron chi connectivity index (χ1n) is 6.77. The highest BCUT2D eigenvalue weighted by molar-refractivity contribution is 5.39. The molecule has 0 aromatic heterocycles. The Bertz CT molecular complexity index is 302. The average Bonchev–Trinajstić information content (AvgIpc) is 2.42. The second kappa shape index (κ2) is 5.21. The van der Waals surface area contributed by atoms with Crippen LogP contribution in [0.4, 0.5) is 0 Å². The van der Waals surface area contributed by atoms with E-state index >= 15 is 0 Å². The van der Waals surface area contributed by atoms with Crippen LogP contribution in [0.25, 0.3) is 0 Å². The predicted octanol–water partition coefficient (Wildman–Crippen LogP) is 5.51. The summed E-state index contributed by atoms with van der Waals surface area (Å²) in [5.41, 5.74) is 5.21. The van der Waals surface area contributed by atoms with E-state index in [9.17, 15) is 0 Å². The van der Waals surface area contributed by atoms with Crippen molar-refractivity contribution in [3.8, 4) is 0 Å². The van der Waals surface area contributed by atoms with Crippen molar-refractivity contribution in [3.05, 3.63) is 22.8 Å².